The summed E-state index contributed by atoms with van der Waals surface area (Å²) >= 11 is 3.44. The summed E-state index contributed by atoms with van der Waals surface area (Å²) in [5, 5.41) is 1.94. The molecule has 0 unspecified atom stereocenters. The van der Waals surface area contributed by atoms with E-state index in [1.54, 1.807) is 6.20 Å². The highest BCUT2D eigenvalue weighted by atomic mass is 79.9. The summed E-state index contributed by atoms with van der Waals surface area (Å²) in [6.45, 7) is 0. The van der Waals surface area contributed by atoms with Crippen LogP contribution in [-0.4, -0.2) is 4.98 Å². The van der Waals surface area contributed by atoms with E-state index in [0.717, 1.165) is 27.4 Å². The SMILES string of the molecule is BrCc1ccc2oc3cccnc3c2c1. The van der Waals surface area contributed by atoms with Crippen molar-refractivity contribution in [1.29, 1.82) is 0 Å². The first-order chi connectivity index (χ1) is 7.38. The van der Waals surface area contributed by atoms with E-state index in [-0.39, 0.29) is 0 Å². The normalized spacial score (nSPS) is 11.3. The Balaban J connectivity index is 2.46. The first-order valence-corrected chi connectivity index (χ1v) is 5.83. The molecule has 0 amide bonds. The van der Waals surface area contributed by atoms with Crippen molar-refractivity contribution in [3.63, 3.8) is 0 Å². The zero-order valence-corrected chi connectivity index (χ0v) is 9.49. The van der Waals surface area contributed by atoms with Gasteiger partial charge in [0.1, 0.15) is 11.1 Å². The molecule has 1 aromatic carbocycles. The lowest BCUT2D eigenvalue weighted by Crippen LogP contribution is -1.76. The molecule has 3 heteroatoms. The minimum Gasteiger partial charge on any atom is -0.454 e. The number of hydrogen-bond acceptors (Lipinski definition) is 2. The Morgan fingerprint density at radius 3 is 3.00 bits per heavy atom. The molecule has 74 valence electrons. The zero-order chi connectivity index (χ0) is 10.3. The molecule has 0 fully saturated rings. The number of aromatic nitrogens is 1. The van der Waals surface area contributed by atoms with Gasteiger partial charge in [0.15, 0.2) is 5.58 Å². The third-order valence-corrected chi connectivity index (χ3v) is 3.09. The van der Waals surface area contributed by atoms with Crippen molar-refractivity contribution in [2.75, 3.05) is 0 Å². The molecule has 2 nitrogen and oxygen atoms in total. The lowest BCUT2D eigenvalue weighted by atomic mass is 10.1. The molecule has 0 atom stereocenters. The fourth-order valence-corrected chi connectivity index (χ4v) is 2.08. The lowest BCUT2D eigenvalue weighted by Gasteiger charge is -1.93. The van der Waals surface area contributed by atoms with Crippen molar-refractivity contribution in [3.8, 4) is 0 Å². The van der Waals surface area contributed by atoms with Gasteiger partial charge >= 0.3 is 0 Å². The van der Waals surface area contributed by atoms with E-state index >= 15 is 0 Å². The van der Waals surface area contributed by atoms with Crippen molar-refractivity contribution >= 4 is 38.0 Å². The second-order valence-corrected chi connectivity index (χ2v) is 3.98. The predicted octanol–water partition coefficient (Wildman–Crippen LogP) is 3.88. The molecule has 0 aliphatic heterocycles. The largest absolute Gasteiger partial charge is 0.454 e. The number of benzene rings is 1. The average Bonchev–Trinajstić information content (AvgIpc) is 2.66. The molecule has 0 radical (unpaired) electrons. The van der Waals surface area contributed by atoms with E-state index in [0.29, 0.717) is 0 Å². The number of nitrogens with zero attached hydrogens (tertiary/aromatic N) is 1. The summed E-state index contributed by atoms with van der Waals surface area (Å²) in [6.07, 6.45) is 1.79. The molecule has 0 N–H and O–H groups in total. The standard InChI is InChI=1S/C12H8BrNO/c13-7-8-3-4-10-9(6-8)12-11(15-10)2-1-5-14-12/h1-6H,7H2. The maximum Gasteiger partial charge on any atom is 0.153 e. The second-order valence-electron chi connectivity index (χ2n) is 3.42. The van der Waals surface area contributed by atoms with Crippen LogP contribution < -0.4 is 0 Å². The van der Waals surface area contributed by atoms with Gasteiger partial charge in [0, 0.05) is 16.9 Å². The van der Waals surface area contributed by atoms with Gasteiger partial charge in [0.05, 0.1) is 0 Å². The number of halogens is 1. The molecule has 0 saturated heterocycles. The Hall–Kier alpha value is -1.35. The molecule has 0 aliphatic carbocycles. The van der Waals surface area contributed by atoms with Gasteiger partial charge < -0.3 is 4.42 Å². The molecule has 0 bridgehead atoms. The second kappa shape index (κ2) is 3.35. The Labute approximate surface area is 95.0 Å². The van der Waals surface area contributed by atoms with Crippen molar-refractivity contribution in [2.45, 2.75) is 5.33 Å². The summed E-state index contributed by atoms with van der Waals surface area (Å²) in [7, 11) is 0. The van der Waals surface area contributed by atoms with Gasteiger partial charge in [-0.1, -0.05) is 22.0 Å². The van der Waals surface area contributed by atoms with Gasteiger partial charge in [-0.25, -0.2) is 0 Å². The predicted molar refractivity (Wildman–Crippen MR) is 64.1 cm³/mol. The number of pyridine rings is 1. The molecular weight excluding hydrogens is 254 g/mol. The molecule has 15 heavy (non-hydrogen) atoms. The van der Waals surface area contributed by atoms with Crippen LogP contribution in [0.2, 0.25) is 0 Å². The number of hydrogen-bond donors (Lipinski definition) is 0. The minimum atomic E-state index is 0.847. The monoisotopic (exact) mass is 261 g/mol. The number of alkyl halides is 1. The Kier molecular flexibility index (Phi) is 1.99. The number of fused-ring (bicyclic) bond motifs is 3. The van der Waals surface area contributed by atoms with Gasteiger partial charge in [-0.3, -0.25) is 4.98 Å². The van der Waals surface area contributed by atoms with E-state index in [9.17, 15) is 0 Å². The maximum atomic E-state index is 5.67. The van der Waals surface area contributed by atoms with Crippen molar-refractivity contribution < 1.29 is 4.42 Å². The van der Waals surface area contributed by atoms with Gasteiger partial charge in [0.2, 0.25) is 0 Å². The summed E-state index contributed by atoms with van der Waals surface area (Å²) in [5.74, 6) is 0. The summed E-state index contributed by atoms with van der Waals surface area (Å²) in [5.41, 5.74) is 3.92. The fourth-order valence-electron chi connectivity index (χ4n) is 1.73. The molecule has 2 aromatic heterocycles. The molecule has 0 aliphatic rings. The van der Waals surface area contributed by atoms with Gasteiger partial charge in [-0.2, -0.15) is 0 Å². The van der Waals surface area contributed by atoms with Crippen LogP contribution in [0.4, 0.5) is 0 Å². The summed E-state index contributed by atoms with van der Waals surface area (Å²) in [6, 6.07) is 9.99. The maximum absolute atomic E-state index is 5.67. The fraction of sp³-hybridized carbons (Fsp3) is 0.0833. The van der Waals surface area contributed by atoms with Crippen LogP contribution in [0, 0.1) is 0 Å². The summed E-state index contributed by atoms with van der Waals surface area (Å²) in [4.78, 5) is 4.34. The lowest BCUT2D eigenvalue weighted by molar-refractivity contribution is 0.668. The Morgan fingerprint density at radius 1 is 1.20 bits per heavy atom. The van der Waals surface area contributed by atoms with E-state index < -0.39 is 0 Å². The van der Waals surface area contributed by atoms with Crippen LogP contribution in [0.3, 0.4) is 0 Å². The van der Waals surface area contributed by atoms with Crippen LogP contribution in [0.25, 0.3) is 22.1 Å². The highest BCUT2D eigenvalue weighted by Crippen LogP contribution is 2.27. The smallest absolute Gasteiger partial charge is 0.153 e. The van der Waals surface area contributed by atoms with Crippen molar-refractivity contribution in [1.82, 2.24) is 4.98 Å². The van der Waals surface area contributed by atoms with Gasteiger partial charge in [0.25, 0.3) is 0 Å². The van der Waals surface area contributed by atoms with E-state index in [1.165, 1.54) is 5.56 Å². The van der Waals surface area contributed by atoms with Crippen LogP contribution >= 0.6 is 15.9 Å². The highest BCUT2D eigenvalue weighted by Gasteiger charge is 2.07. The molecule has 3 rings (SSSR count). The van der Waals surface area contributed by atoms with Crippen LogP contribution in [0.5, 0.6) is 0 Å². The van der Waals surface area contributed by atoms with Gasteiger partial charge in [-0.05, 0) is 29.8 Å². The minimum absolute atomic E-state index is 0.847. The van der Waals surface area contributed by atoms with Crippen LogP contribution in [-0.2, 0) is 5.33 Å². The first kappa shape index (κ1) is 8.92. The summed E-state index contributed by atoms with van der Waals surface area (Å²) < 4.78 is 5.67. The van der Waals surface area contributed by atoms with E-state index in [2.05, 4.69) is 33.0 Å². The number of furan rings is 1. The van der Waals surface area contributed by atoms with Crippen molar-refractivity contribution in [3.05, 3.63) is 42.1 Å². The average molecular weight is 262 g/mol. The van der Waals surface area contributed by atoms with Crippen LogP contribution in [0.15, 0.2) is 40.9 Å². The van der Waals surface area contributed by atoms with Crippen LogP contribution in [0.1, 0.15) is 5.56 Å². The Morgan fingerprint density at radius 2 is 2.13 bits per heavy atom. The van der Waals surface area contributed by atoms with E-state index in [1.807, 2.05) is 18.2 Å². The van der Waals surface area contributed by atoms with E-state index in [4.69, 9.17) is 4.42 Å². The first-order valence-electron chi connectivity index (χ1n) is 4.70. The molecule has 3 aromatic rings. The number of rotatable bonds is 1. The van der Waals surface area contributed by atoms with Gasteiger partial charge in [-0.15, -0.1) is 0 Å². The molecule has 0 spiro atoms. The van der Waals surface area contributed by atoms with Crippen molar-refractivity contribution in [2.24, 2.45) is 0 Å². The third-order valence-electron chi connectivity index (χ3n) is 2.44. The quantitative estimate of drug-likeness (QED) is 0.622. The molecule has 0 saturated carbocycles. The Bertz CT molecular complexity index is 630. The zero-order valence-electron chi connectivity index (χ0n) is 7.90. The topological polar surface area (TPSA) is 26.0 Å². The molecule has 2 heterocycles. The third kappa shape index (κ3) is 1.35. The molecular formula is C12H8BrNO. The highest BCUT2D eigenvalue weighted by molar-refractivity contribution is 9.08.